The standard InChI is InChI=1S/C20H17Br2NO2SeSi/c1-3-27(4-2)16-9-11(24)5-6-13(16)23-14-7-8-15(25)18(20(14)27)19-12(21)10-17(22)26-19/h5-10,25H,3-4H2,1-2H3. The Morgan fingerprint density at radius 1 is 1.19 bits per heavy atom. The summed E-state index contributed by atoms with van der Waals surface area (Å²) in [4.78, 5) is 17.1. The Morgan fingerprint density at radius 2 is 1.93 bits per heavy atom. The number of carbonyl (C=O) groups is 1. The molecule has 1 N–H and O–H groups in total. The molecular formula is C20H17Br2NO2SeSi. The maximum absolute atomic E-state index is 12.2. The Hall–Kier alpha value is -0.984. The third-order valence-electron chi connectivity index (χ3n) is 5.46. The number of ketones is 1. The van der Waals surface area contributed by atoms with Gasteiger partial charge in [-0.1, -0.05) is 0 Å². The van der Waals surface area contributed by atoms with Crippen molar-refractivity contribution in [1.29, 1.82) is 0 Å². The molecule has 2 aromatic rings. The Bertz CT molecular complexity index is 1060. The summed E-state index contributed by atoms with van der Waals surface area (Å²) in [6.07, 6.45) is 5.23. The molecule has 0 bridgehead atoms. The molecule has 2 heterocycles. The summed E-state index contributed by atoms with van der Waals surface area (Å²) < 4.78 is 3.29. The molecule has 0 fully saturated rings. The summed E-state index contributed by atoms with van der Waals surface area (Å²) in [5, 5.41) is 13.2. The number of carbonyl (C=O) groups excluding carboxylic acids is 1. The zero-order valence-electron chi connectivity index (χ0n) is 14.8. The molecule has 0 atom stereocenters. The van der Waals surface area contributed by atoms with Gasteiger partial charge in [-0.15, -0.1) is 0 Å². The fraction of sp³-hybridized carbons (Fsp3) is 0.200. The van der Waals surface area contributed by atoms with Gasteiger partial charge in [0.15, 0.2) is 0 Å². The number of aliphatic imine (C=N–C) groups is 1. The third kappa shape index (κ3) is 2.95. The van der Waals surface area contributed by atoms with E-state index in [2.05, 4.69) is 51.8 Å². The van der Waals surface area contributed by atoms with Gasteiger partial charge in [0.25, 0.3) is 0 Å². The second kappa shape index (κ2) is 7.12. The van der Waals surface area contributed by atoms with E-state index < -0.39 is 8.07 Å². The fourth-order valence-electron chi connectivity index (χ4n) is 4.14. The molecule has 0 saturated heterocycles. The Labute approximate surface area is 181 Å². The van der Waals surface area contributed by atoms with Crippen LogP contribution in [0.5, 0.6) is 5.75 Å². The summed E-state index contributed by atoms with van der Waals surface area (Å²) in [5.74, 6) is 0.330. The molecule has 0 radical (unpaired) electrons. The minimum atomic E-state index is -2.24. The molecule has 1 aliphatic heterocycles. The monoisotopic (exact) mass is 569 g/mol. The minimum absolute atomic E-state index is 0.0303. The molecule has 27 heavy (non-hydrogen) atoms. The molecule has 3 nitrogen and oxygen atoms in total. The molecular weight excluding hydrogens is 553 g/mol. The van der Waals surface area contributed by atoms with Crippen LogP contribution >= 0.6 is 31.9 Å². The molecule has 0 saturated carbocycles. The molecule has 0 spiro atoms. The number of phenols is 1. The summed E-state index contributed by atoms with van der Waals surface area (Å²) in [6.45, 7) is 4.41. The van der Waals surface area contributed by atoms with Gasteiger partial charge in [-0.3, -0.25) is 0 Å². The van der Waals surface area contributed by atoms with Crippen molar-refractivity contribution in [1.82, 2.24) is 0 Å². The van der Waals surface area contributed by atoms with Crippen molar-refractivity contribution >= 4 is 76.8 Å². The van der Waals surface area contributed by atoms with Crippen molar-refractivity contribution in [2.24, 2.45) is 4.99 Å². The number of aromatic hydroxyl groups is 1. The van der Waals surface area contributed by atoms with Gasteiger partial charge in [-0.25, -0.2) is 0 Å². The van der Waals surface area contributed by atoms with Crippen LogP contribution in [-0.4, -0.2) is 39.2 Å². The van der Waals surface area contributed by atoms with Crippen molar-refractivity contribution in [3.63, 3.8) is 0 Å². The van der Waals surface area contributed by atoms with Gasteiger partial charge < -0.3 is 0 Å². The van der Waals surface area contributed by atoms with Gasteiger partial charge in [0, 0.05) is 0 Å². The first kappa shape index (κ1) is 19.3. The van der Waals surface area contributed by atoms with E-state index in [1.54, 1.807) is 18.2 Å². The number of hydrogen-bond donors (Lipinski definition) is 1. The third-order valence-corrected chi connectivity index (χ3v) is 15.0. The first-order valence-electron chi connectivity index (χ1n) is 8.76. The normalized spacial score (nSPS) is 17.3. The van der Waals surface area contributed by atoms with E-state index in [0.29, 0.717) is 5.75 Å². The first-order valence-corrected chi connectivity index (χ1v) is 14.5. The summed E-state index contributed by atoms with van der Waals surface area (Å²) >= 11 is 7.39. The van der Waals surface area contributed by atoms with E-state index in [-0.39, 0.29) is 20.3 Å². The molecule has 138 valence electrons. The summed E-state index contributed by atoms with van der Waals surface area (Å²) in [7, 11) is -2.24. The van der Waals surface area contributed by atoms with Crippen LogP contribution in [0.2, 0.25) is 12.1 Å². The van der Waals surface area contributed by atoms with Crippen LogP contribution < -0.4 is 5.19 Å². The molecule has 7 heteroatoms. The Kier molecular flexibility index (Phi) is 5.10. The maximum atomic E-state index is 12.2. The van der Waals surface area contributed by atoms with Gasteiger partial charge in [0.05, 0.1) is 0 Å². The number of halogens is 2. The second-order valence-electron chi connectivity index (χ2n) is 6.66. The van der Waals surface area contributed by atoms with Gasteiger partial charge >= 0.3 is 183 Å². The van der Waals surface area contributed by atoms with E-state index in [0.717, 1.165) is 46.5 Å². The quantitative estimate of drug-likeness (QED) is 0.416. The van der Waals surface area contributed by atoms with Gasteiger partial charge in [-0.2, -0.15) is 0 Å². The van der Waals surface area contributed by atoms with Crippen LogP contribution in [0.25, 0.3) is 10.0 Å². The number of benzene rings is 1. The van der Waals surface area contributed by atoms with Gasteiger partial charge in [-0.05, 0) is 0 Å². The van der Waals surface area contributed by atoms with Crippen molar-refractivity contribution in [2.75, 3.05) is 0 Å². The van der Waals surface area contributed by atoms with Crippen LogP contribution in [0.1, 0.15) is 13.8 Å². The van der Waals surface area contributed by atoms with Crippen molar-refractivity contribution in [3.8, 4) is 15.8 Å². The average molecular weight is 570 g/mol. The SMILES string of the molecule is CC[Si]1(CC)C2=CC(=O)C=CC2=Nc2ccc(O)c(-c3[se]c(Br)cc3Br)c21. The van der Waals surface area contributed by atoms with E-state index in [9.17, 15) is 9.90 Å². The van der Waals surface area contributed by atoms with Gasteiger partial charge in [0.2, 0.25) is 0 Å². The topological polar surface area (TPSA) is 49.7 Å². The number of fused-ring (bicyclic) bond motifs is 2. The van der Waals surface area contributed by atoms with E-state index in [4.69, 9.17) is 4.99 Å². The first-order chi connectivity index (χ1) is 12.9. The average Bonchev–Trinajstić information content (AvgIpc) is 2.98. The molecule has 1 aromatic heterocycles. The zero-order chi connectivity index (χ0) is 19.3. The zero-order valence-corrected chi connectivity index (χ0v) is 20.7. The summed E-state index contributed by atoms with van der Waals surface area (Å²) in [5.41, 5.74) is 2.78. The predicted molar refractivity (Wildman–Crippen MR) is 122 cm³/mol. The van der Waals surface area contributed by atoms with Crippen LogP contribution in [0.3, 0.4) is 0 Å². The van der Waals surface area contributed by atoms with E-state index in [1.165, 1.54) is 5.19 Å². The Balaban J connectivity index is 2.13. The molecule has 1 aromatic carbocycles. The van der Waals surface area contributed by atoms with Crippen molar-refractivity contribution < 1.29 is 9.90 Å². The second-order valence-corrected chi connectivity index (χ2v) is 16.4. The molecule has 0 unspecified atom stereocenters. The number of hydrogen-bond acceptors (Lipinski definition) is 3. The van der Waals surface area contributed by atoms with E-state index in [1.807, 2.05) is 12.1 Å². The number of allylic oxidation sites excluding steroid dienone is 4. The molecule has 4 rings (SSSR count). The van der Waals surface area contributed by atoms with Crippen molar-refractivity contribution in [3.05, 3.63) is 49.4 Å². The number of nitrogens with zero attached hydrogens (tertiary/aromatic N) is 1. The predicted octanol–water partition coefficient (Wildman–Crippen LogP) is 5.03. The number of phenolic OH excluding ortho intramolecular Hbond substituents is 1. The van der Waals surface area contributed by atoms with E-state index >= 15 is 0 Å². The van der Waals surface area contributed by atoms with Crippen LogP contribution in [0.15, 0.2) is 54.4 Å². The van der Waals surface area contributed by atoms with Crippen LogP contribution in [0, 0.1) is 0 Å². The number of rotatable bonds is 3. The summed E-state index contributed by atoms with van der Waals surface area (Å²) in [6, 6.07) is 7.68. The molecule has 2 aliphatic rings. The Morgan fingerprint density at radius 3 is 2.56 bits per heavy atom. The molecule has 0 amide bonds. The van der Waals surface area contributed by atoms with Crippen molar-refractivity contribution in [2.45, 2.75) is 25.9 Å². The molecule has 1 aliphatic carbocycles. The van der Waals surface area contributed by atoms with Gasteiger partial charge in [0.1, 0.15) is 0 Å². The fourth-order valence-corrected chi connectivity index (χ4v) is 13.3. The van der Waals surface area contributed by atoms with Crippen LogP contribution in [0.4, 0.5) is 5.69 Å². The van der Waals surface area contributed by atoms with Crippen LogP contribution in [-0.2, 0) is 4.79 Å².